The fourth-order valence-corrected chi connectivity index (χ4v) is 2.25. The van der Waals surface area contributed by atoms with Crippen LogP contribution < -0.4 is 4.72 Å². The molecule has 0 saturated carbocycles. The molecule has 1 rings (SSSR count). The van der Waals surface area contributed by atoms with E-state index in [1.807, 2.05) is 0 Å². The maximum absolute atomic E-state index is 10.8. The van der Waals surface area contributed by atoms with E-state index in [4.69, 9.17) is 0 Å². The summed E-state index contributed by atoms with van der Waals surface area (Å²) < 4.78 is 24.2. The molecule has 13 heavy (non-hydrogen) atoms. The van der Waals surface area contributed by atoms with E-state index >= 15 is 0 Å². The average Bonchev–Trinajstić information content (AvgIpc) is 2.00. The molecule has 1 fully saturated rings. The van der Waals surface area contributed by atoms with E-state index in [1.54, 1.807) is 0 Å². The zero-order chi connectivity index (χ0) is 9.90. The number of likely N-dealkylation sites (tertiary alicyclic amines) is 1. The summed E-state index contributed by atoms with van der Waals surface area (Å²) in [6.45, 7) is 2.72. The van der Waals surface area contributed by atoms with Crippen LogP contribution in [0.25, 0.3) is 0 Å². The minimum absolute atomic E-state index is 0.480. The third-order valence-corrected chi connectivity index (χ3v) is 3.05. The van der Waals surface area contributed by atoms with Gasteiger partial charge in [0.25, 0.3) is 0 Å². The summed E-state index contributed by atoms with van der Waals surface area (Å²) in [5.74, 6) is 0.480. The molecule has 1 heterocycles. The highest BCUT2D eigenvalue weighted by atomic mass is 32.2. The van der Waals surface area contributed by atoms with Gasteiger partial charge in [-0.1, -0.05) is 0 Å². The molecule has 0 bridgehead atoms. The van der Waals surface area contributed by atoms with Gasteiger partial charge in [-0.3, -0.25) is 0 Å². The molecule has 5 heteroatoms. The molecule has 1 unspecified atom stereocenters. The van der Waals surface area contributed by atoms with Crippen LogP contribution in [0.15, 0.2) is 0 Å². The van der Waals surface area contributed by atoms with Crippen molar-refractivity contribution in [1.82, 2.24) is 9.62 Å². The molecule has 0 spiro atoms. The quantitative estimate of drug-likeness (QED) is 0.700. The van der Waals surface area contributed by atoms with Gasteiger partial charge in [-0.25, -0.2) is 13.1 Å². The van der Waals surface area contributed by atoms with Gasteiger partial charge in [0.05, 0.1) is 6.26 Å². The van der Waals surface area contributed by atoms with Gasteiger partial charge in [-0.05, 0) is 32.4 Å². The van der Waals surface area contributed by atoms with Gasteiger partial charge >= 0.3 is 0 Å². The van der Waals surface area contributed by atoms with E-state index in [1.165, 1.54) is 12.7 Å². The van der Waals surface area contributed by atoms with Crippen molar-refractivity contribution in [3.05, 3.63) is 0 Å². The van der Waals surface area contributed by atoms with Crippen LogP contribution in [-0.2, 0) is 10.0 Å². The molecule has 0 radical (unpaired) electrons. The molecule has 0 aromatic heterocycles. The Hall–Kier alpha value is -0.130. The molecule has 1 N–H and O–H groups in total. The lowest BCUT2D eigenvalue weighted by Gasteiger charge is -2.29. The molecule has 1 aliphatic heterocycles. The molecule has 0 aromatic carbocycles. The number of nitrogens with one attached hydrogen (secondary N) is 1. The molecular weight excluding hydrogens is 188 g/mol. The van der Waals surface area contributed by atoms with E-state index in [9.17, 15) is 8.42 Å². The zero-order valence-corrected chi connectivity index (χ0v) is 9.10. The largest absolute Gasteiger partial charge is 0.306 e. The van der Waals surface area contributed by atoms with Crippen LogP contribution >= 0.6 is 0 Å². The molecule has 0 amide bonds. The van der Waals surface area contributed by atoms with Gasteiger partial charge in [0.1, 0.15) is 0 Å². The Bertz CT molecular complexity index is 251. The molecule has 1 aliphatic rings. The molecule has 0 aromatic rings. The smallest absolute Gasteiger partial charge is 0.208 e. The van der Waals surface area contributed by atoms with Crippen LogP contribution in [-0.4, -0.2) is 46.3 Å². The Morgan fingerprint density at radius 2 is 2.23 bits per heavy atom. The van der Waals surface area contributed by atoms with Crippen LogP contribution in [0.4, 0.5) is 0 Å². The number of hydrogen-bond acceptors (Lipinski definition) is 3. The Morgan fingerprint density at radius 1 is 1.54 bits per heavy atom. The maximum atomic E-state index is 10.8. The summed E-state index contributed by atoms with van der Waals surface area (Å²) in [7, 11) is -0.934. The maximum Gasteiger partial charge on any atom is 0.208 e. The minimum atomic E-state index is -3.01. The summed E-state index contributed by atoms with van der Waals surface area (Å²) in [5, 5.41) is 0. The third-order valence-electron chi connectivity index (χ3n) is 2.36. The van der Waals surface area contributed by atoms with Crippen LogP contribution in [0.1, 0.15) is 12.8 Å². The molecular formula is C8H18N2O2S. The first-order valence-corrected chi connectivity index (χ1v) is 6.50. The lowest BCUT2D eigenvalue weighted by molar-refractivity contribution is 0.211. The van der Waals surface area contributed by atoms with Crippen molar-refractivity contribution in [2.24, 2.45) is 5.92 Å². The summed E-state index contributed by atoms with van der Waals surface area (Å²) in [4.78, 5) is 2.25. The highest BCUT2D eigenvalue weighted by Crippen LogP contribution is 2.13. The summed E-state index contributed by atoms with van der Waals surface area (Å²) in [6.07, 6.45) is 3.51. The Balaban J connectivity index is 2.29. The van der Waals surface area contributed by atoms with Crippen molar-refractivity contribution >= 4 is 10.0 Å². The van der Waals surface area contributed by atoms with Gasteiger partial charge < -0.3 is 4.90 Å². The summed E-state index contributed by atoms with van der Waals surface area (Å²) >= 11 is 0. The number of sulfonamides is 1. The minimum Gasteiger partial charge on any atom is -0.306 e. The van der Waals surface area contributed by atoms with Gasteiger partial charge in [0.15, 0.2) is 0 Å². The van der Waals surface area contributed by atoms with E-state index in [-0.39, 0.29) is 0 Å². The zero-order valence-electron chi connectivity index (χ0n) is 8.28. The average molecular weight is 206 g/mol. The predicted octanol–water partition coefficient (Wildman–Crippen LogP) is -0.123. The van der Waals surface area contributed by atoms with Crippen molar-refractivity contribution in [3.63, 3.8) is 0 Å². The first kappa shape index (κ1) is 10.9. The van der Waals surface area contributed by atoms with E-state index in [0.717, 1.165) is 19.5 Å². The monoisotopic (exact) mass is 206 g/mol. The van der Waals surface area contributed by atoms with Crippen molar-refractivity contribution in [2.75, 3.05) is 32.9 Å². The lowest BCUT2D eigenvalue weighted by atomic mass is 9.99. The standard InChI is InChI=1S/C8H18N2O2S/c1-10-5-3-4-8(7-10)6-9-13(2,11)12/h8-9H,3-7H2,1-2H3. The lowest BCUT2D eigenvalue weighted by Crippen LogP contribution is -2.38. The van der Waals surface area contributed by atoms with E-state index in [2.05, 4.69) is 16.7 Å². The van der Waals surface area contributed by atoms with Crippen LogP contribution in [0.2, 0.25) is 0 Å². The number of rotatable bonds is 3. The predicted molar refractivity (Wildman–Crippen MR) is 53.1 cm³/mol. The van der Waals surface area contributed by atoms with Gasteiger partial charge in [0, 0.05) is 13.1 Å². The second-order valence-corrected chi connectivity index (χ2v) is 5.72. The van der Waals surface area contributed by atoms with Crippen LogP contribution in [0, 0.1) is 5.92 Å². The topological polar surface area (TPSA) is 49.4 Å². The Morgan fingerprint density at radius 3 is 2.77 bits per heavy atom. The van der Waals surface area contributed by atoms with Crippen molar-refractivity contribution in [1.29, 1.82) is 0 Å². The Labute approximate surface area is 80.4 Å². The van der Waals surface area contributed by atoms with E-state index in [0.29, 0.717) is 12.5 Å². The fourth-order valence-electron chi connectivity index (χ4n) is 1.71. The van der Waals surface area contributed by atoms with Crippen molar-refractivity contribution < 1.29 is 8.42 Å². The number of piperidine rings is 1. The summed E-state index contributed by atoms with van der Waals surface area (Å²) in [6, 6.07) is 0. The van der Waals surface area contributed by atoms with Crippen molar-refractivity contribution in [2.45, 2.75) is 12.8 Å². The van der Waals surface area contributed by atoms with Crippen molar-refractivity contribution in [3.8, 4) is 0 Å². The number of nitrogens with zero attached hydrogens (tertiary/aromatic N) is 1. The molecule has 1 atom stereocenters. The first-order valence-electron chi connectivity index (χ1n) is 4.60. The highest BCUT2D eigenvalue weighted by Gasteiger charge is 2.17. The SMILES string of the molecule is CN1CCCC(CNS(C)(=O)=O)C1. The molecule has 0 aliphatic carbocycles. The van der Waals surface area contributed by atoms with E-state index < -0.39 is 10.0 Å². The van der Waals surface area contributed by atoms with Gasteiger partial charge in [0.2, 0.25) is 10.0 Å². The number of hydrogen-bond donors (Lipinski definition) is 1. The summed E-state index contributed by atoms with van der Waals surface area (Å²) in [5.41, 5.74) is 0. The normalized spacial score (nSPS) is 26.2. The molecule has 78 valence electrons. The second-order valence-electron chi connectivity index (χ2n) is 3.89. The molecule has 1 saturated heterocycles. The first-order chi connectivity index (χ1) is 5.97. The fraction of sp³-hybridized carbons (Fsp3) is 1.00. The van der Waals surface area contributed by atoms with Crippen LogP contribution in [0.5, 0.6) is 0 Å². The Kier molecular flexibility index (Phi) is 3.70. The van der Waals surface area contributed by atoms with Gasteiger partial charge in [-0.2, -0.15) is 0 Å². The highest BCUT2D eigenvalue weighted by molar-refractivity contribution is 7.88. The second kappa shape index (κ2) is 4.39. The molecule has 4 nitrogen and oxygen atoms in total. The third kappa shape index (κ3) is 4.59. The van der Waals surface area contributed by atoms with Crippen LogP contribution in [0.3, 0.4) is 0 Å². The van der Waals surface area contributed by atoms with Gasteiger partial charge in [-0.15, -0.1) is 0 Å².